The molecule has 0 unspecified atom stereocenters. The Morgan fingerprint density at radius 3 is 2.66 bits per heavy atom. The number of methoxy groups -OCH3 is 2. The second-order valence-electron chi connectivity index (χ2n) is 7.75. The number of nitrogens with zero attached hydrogens (tertiary/aromatic N) is 2. The van der Waals surface area contributed by atoms with Gasteiger partial charge in [-0.1, -0.05) is 18.9 Å². The number of anilines is 1. The lowest BCUT2D eigenvalue weighted by Gasteiger charge is -2.12. The number of hydrogen-bond donors (Lipinski definition) is 1. The molecule has 0 saturated heterocycles. The minimum absolute atomic E-state index is 0.229. The van der Waals surface area contributed by atoms with Crippen LogP contribution >= 0.6 is 11.3 Å². The van der Waals surface area contributed by atoms with E-state index >= 15 is 0 Å². The zero-order chi connectivity index (χ0) is 22.9. The van der Waals surface area contributed by atoms with Gasteiger partial charge in [0.1, 0.15) is 11.4 Å². The number of amides is 1. The van der Waals surface area contributed by atoms with E-state index < -0.39 is 9.84 Å². The summed E-state index contributed by atoms with van der Waals surface area (Å²) in [7, 11) is -0.330. The molecule has 1 aliphatic carbocycles. The zero-order valence-corrected chi connectivity index (χ0v) is 19.8. The number of hydrogen-bond acceptors (Lipinski definition) is 8. The van der Waals surface area contributed by atoms with Gasteiger partial charge in [0.05, 0.1) is 27.5 Å². The molecule has 0 spiro atoms. The van der Waals surface area contributed by atoms with E-state index in [9.17, 15) is 13.2 Å². The number of carbonyl (C=O) groups is 1. The number of sulfone groups is 1. The van der Waals surface area contributed by atoms with Crippen molar-refractivity contribution in [1.82, 2.24) is 9.97 Å². The molecule has 0 atom stereocenters. The third-order valence-corrected chi connectivity index (χ3v) is 9.08. The number of benzene rings is 1. The number of ether oxygens (including phenoxy) is 2. The molecule has 1 saturated carbocycles. The molecule has 1 aliphatic rings. The first-order valence-corrected chi connectivity index (χ1v) is 12.7. The van der Waals surface area contributed by atoms with E-state index in [0.29, 0.717) is 50.9 Å². The van der Waals surface area contributed by atoms with Gasteiger partial charge >= 0.3 is 0 Å². The van der Waals surface area contributed by atoms with Crippen molar-refractivity contribution in [3.63, 3.8) is 0 Å². The largest absolute Gasteiger partial charge is 0.480 e. The highest BCUT2D eigenvalue weighted by atomic mass is 32.2. The van der Waals surface area contributed by atoms with Gasteiger partial charge in [-0.05, 0) is 43.5 Å². The second-order valence-corrected chi connectivity index (χ2v) is 11.0. The Labute approximate surface area is 190 Å². The molecule has 8 nitrogen and oxygen atoms in total. The topological polar surface area (TPSA) is 107 Å². The number of nitrogens with one attached hydrogen (secondary N) is 1. The lowest BCUT2D eigenvalue weighted by atomic mass is 10.2. The summed E-state index contributed by atoms with van der Waals surface area (Å²) >= 11 is 1.23. The van der Waals surface area contributed by atoms with Gasteiger partial charge in [-0.15, -0.1) is 11.3 Å². The van der Waals surface area contributed by atoms with Crippen LogP contribution in [0.25, 0.3) is 10.2 Å². The number of aryl methyl sites for hydroxylation is 1. The van der Waals surface area contributed by atoms with E-state index in [4.69, 9.17) is 9.47 Å². The lowest BCUT2D eigenvalue weighted by Crippen LogP contribution is -2.18. The van der Waals surface area contributed by atoms with Crippen LogP contribution in [-0.4, -0.2) is 43.8 Å². The summed E-state index contributed by atoms with van der Waals surface area (Å²) in [4.78, 5) is 23.2. The Hall–Kier alpha value is -2.56. The van der Waals surface area contributed by atoms with Gasteiger partial charge in [-0.2, -0.15) is 4.98 Å². The average molecular weight is 476 g/mol. The Balaban J connectivity index is 1.64. The fraction of sp³-hybridized carbons (Fsp3) is 0.409. The smallest absolute Gasteiger partial charge is 0.266 e. The molecule has 1 N–H and O–H groups in total. The van der Waals surface area contributed by atoms with Crippen molar-refractivity contribution in [2.75, 3.05) is 19.5 Å². The van der Waals surface area contributed by atoms with Crippen LogP contribution in [0.2, 0.25) is 0 Å². The Morgan fingerprint density at radius 2 is 1.97 bits per heavy atom. The van der Waals surface area contributed by atoms with E-state index in [2.05, 4.69) is 15.3 Å². The van der Waals surface area contributed by atoms with Crippen LogP contribution in [0.15, 0.2) is 29.2 Å². The first-order chi connectivity index (χ1) is 15.3. The summed E-state index contributed by atoms with van der Waals surface area (Å²) in [5, 5.41) is 3.17. The summed E-state index contributed by atoms with van der Waals surface area (Å²) in [6.45, 7) is 2.05. The Morgan fingerprint density at radius 1 is 1.22 bits per heavy atom. The molecule has 1 aromatic carbocycles. The highest BCUT2D eigenvalue weighted by Crippen LogP contribution is 2.36. The van der Waals surface area contributed by atoms with Gasteiger partial charge in [0.25, 0.3) is 5.91 Å². The van der Waals surface area contributed by atoms with Crippen LogP contribution in [0.4, 0.5) is 5.69 Å². The molecular weight excluding hydrogens is 450 g/mol. The van der Waals surface area contributed by atoms with E-state index in [-0.39, 0.29) is 22.7 Å². The van der Waals surface area contributed by atoms with Gasteiger partial charge in [0.15, 0.2) is 15.7 Å². The van der Waals surface area contributed by atoms with Crippen molar-refractivity contribution < 1.29 is 22.7 Å². The SMILES string of the molecule is COCc1nc(OC)c2c(C)c(C(=O)Nc3cccc(S(=O)(=O)C4CCCC4)c3)sc2n1. The normalized spacial score (nSPS) is 14.7. The molecule has 1 fully saturated rings. The molecule has 2 heterocycles. The van der Waals surface area contributed by atoms with Crippen LogP contribution < -0.4 is 10.1 Å². The minimum Gasteiger partial charge on any atom is -0.480 e. The second kappa shape index (κ2) is 9.13. The van der Waals surface area contributed by atoms with Crippen LogP contribution in [0.5, 0.6) is 5.88 Å². The number of thiophene rings is 1. The summed E-state index contributed by atoms with van der Waals surface area (Å²) in [5.74, 6) is 0.519. The average Bonchev–Trinajstić information content (AvgIpc) is 3.43. The van der Waals surface area contributed by atoms with Crippen LogP contribution in [0.1, 0.15) is 46.7 Å². The Kier molecular flexibility index (Phi) is 6.45. The number of fused-ring (bicyclic) bond motifs is 1. The predicted octanol–water partition coefficient (Wildman–Crippen LogP) is 4.12. The predicted molar refractivity (Wildman–Crippen MR) is 123 cm³/mol. The van der Waals surface area contributed by atoms with Crippen molar-refractivity contribution in [3.8, 4) is 5.88 Å². The number of rotatable bonds is 7. The zero-order valence-electron chi connectivity index (χ0n) is 18.2. The van der Waals surface area contributed by atoms with E-state index in [1.807, 2.05) is 6.92 Å². The van der Waals surface area contributed by atoms with Crippen LogP contribution in [0.3, 0.4) is 0 Å². The molecule has 32 heavy (non-hydrogen) atoms. The first kappa shape index (κ1) is 22.6. The highest BCUT2D eigenvalue weighted by Gasteiger charge is 2.30. The Bertz CT molecular complexity index is 1260. The third-order valence-electron chi connectivity index (χ3n) is 5.64. The summed E-state index contributed by atoms with van der Waals surface area (Å²) in [5.41, 5.74) is 1.14. The maximum absolute atomic E-state index is 13.1. The lowest BCUT2D eigenvalue weighted by molar-refractivity contribution is 0.103. The van der Waals surface area contributed by atoms with Crippen molar-refractivity contribution >= 4 is 43.0 Å². The number of aromatic nitrogens is 2. The van der Waals surface area contributed by atoms with E-state index in [0.717, 1.165) is 12.8 Å². The first-order valence-electron chi connectivity index (χ1n) is 10.3. The standard InChI is InChI=1S/C22H25N3O5S2/c1-13-18-21(30-3)24-17(12-29-2)25-22(18)31-19(13)20(26)23-14-7-6-10-16(11-14)32(27,28)15-8-4-5-9-15/h6-7,10-11,15H,4-5,8-9,12H2,1-3H3,(H,23,26). The molecule has 0 bridgehead atoms. The maximum Gasteiger partial charge on any atom is 0.266 e. The molecule has 1 amide bonds. The van der Waals surface area contributed by atoms with Gasteiger partial charge in [-0.25, -0.2) is 13.4 Å². The summed E-state index contributed by atoms with van der Waals surface area (Å²) in [6.07, 6.45) is 3.25. The molecule has 10 heteroatoms. The quantitative estimate of drug-likeness (QED) is 0.547. The molecule has 0 aliphatic heterocycles. The maximum atomic E-state index is 13.1. The van der Waals surface area contributed by atoms with E-state index in [1.54, 1.807) is 25.3 Å². The molecule has 3 aromatic rings. The third kappa shape index (κ3) is 4.22. The monoisotopic (exact) mass is 475 g/mol. The van der Waals surface area contributed by atoms with Gasteiger partial charge in [-0.3, -0.25) is 4.79 Å². The number of carbonyl (C=O) groups excluding carboxylic acids is 1. The fourth-order valence-corrected chi connectivity index (χ4v) is 7.02. The molecular formula is C22H25N3O5S2. The highest BCUT2D eigenvalue weighted by molar-refractivity contribution is 7.92. The molecule has 2 aromatic heterocycles. The minimum atomic E-state index is -3.40. The van der Waals surface area contributed by atoms with Gasteiger partial charge in [0.2, 0.25) is 5.88 Å². The summed E-state index contributed by atoms with van der Waals surface area (Å²) < 4.78 is 36.4. The van der Waals surface area contributed by atoms with E-state index in [1.165, 1.54) is 24.5 Å². The van der Waals surface area contributed by atoms with Crippen LogP contribution in [-0.2, 0) is 21.2 Å². The fourth-order valence-electron chi connectivity index (χ4n) is 4.03. The van der Waals surface area contributed by atoms with Gasteiger partial charge in [0, 0.05) is 12.8 Å². The van der Waals surface area contributed by atoms with Crippen molar-refractivity contribution in [3.05, 3.63) is 40.5 Å². The van der Waals surface area contributed by atoms with Gasteiger partial charge < -0.3 is 14.8 Å². The van der Waals surface area contributed by atoms with Crippen molar-refractivity contribution in [1.29, 1.82) is 0 Å². The molecule has 4 rings (SSSR count). The van der Waals surface area contributed by atoms with Crippen molar-refractivity contribution in [2.45, 2.75) is 49.4 Å². The summed E-state index contributed by atoms with van der Waals surface area (Å²) in [6, 6.07) is 6.46. The molecule has 170 valence electrons. The van der Waals surface area contributed by atoms with Crippen LogP contribution in [0, 0.1) is 6.92 Å². The van der Waals surface area contributed by atoms with Crippen molar-refractivity contribution in [2.24, 2.45) is 0 Å². The molecule has 0 radical (unpaired) electrons.